The van der Waals surface area contributed by atoms with Gasteiger partial charge >= 0.3 is 6.18 Å². The maximum atomic E-state index is 13.2. The number of thiazole rings is 1. The number of anilines is 2. The lowest BCUT2D eigenvalue weighted by molar-refractivity contribution is -0.142. The summed E-state index contributed by atoms with van der Waals surface area (Å²) in [6.07, 6.45) is -4.92. The fourth-order valence-electron chi connectivity index (χ4n) is 1.45. The van der Waals surface area contributed by atoms with Crippen molar-refractivity contribution >= 4 is 22.2 Å². The molecule has 0 radical (unpaired) electrons. The molecule has 20 heavy (non-hydrogen) atoms. The lowest BCUT2D eigenvalue weighted by Crippen LogP contribution is -2.12. The van der Waals surface area contributed by atoms with Crippen LogP contribution in [0.25, 0.3) is 0 Å². The molecule has 2 rings (SSSR count). The minimum Gasteiger partial charge on any atom is -0.321 e. The quantitative estimate of drug-likeness (QED) is 0.767. The number of nitrogens with zero attached hydrogens (tertiary/aromatic N) is 2. The summed E-state index contributed by atoms with van der Waals surface area (Å²) in [6, 6.07) is 2.41. The van der Waals surface area contributed by atoms with Crippen LogP contribution in [0, 0.1) is 16.8 Å². The topological polar surface area (TPSA) is 16.1 Å². The van der Waals surface area contributed by atoms with Gasteiger partial charge in [0.05, 0.1) is 0 Å². The average molecular weight is 312 g/mol. The Balaban J connectivity index is 2.41. The first-order valence-corrected chi connectivity index (χ1v) is 5.93. The van der Waals surface area contributed by atoms with Crippen LogP contribution < -0.4 is 4.90 Å². The van der Waals surface area contributed by atoms with E-state index in [1.807, 2.05) is 0 Å². The maximum Gasteiger partial charge on any atom is 0.437 e. The lowest BCUT2D eigenvalue weighted by Gasteiger charge is -2.15. The van der Waals surface area contributed by atoms with Gasteiger partial charge in [-0.3, -0.25) is 0 Å². The number of halogens is 6. The summed E-state index contributed by atoms with van der Waals surface area (Å²) in [5, 5.41) is -1.86. The molecule has 0 N–H and O–H groups in total. The van der Waals surface area contributed by atoms with Crippen molar-refractivity contribution in [2.45, 2.75) is 6.18 Å². The summed E-state index contributed by atoms with van der Waals surface area (Å²) < 4.78 is 76.5. The molecule has 2 aromatic rings. The number of alkyl halides is 3. The minimum absolute atomic E-state index is 0.0787. The van der Waals surface area contributed by atoms with Gasteiger partial charge in [-0.25, -0.2) is 13.8 Å². The van der Waals surface area contributed by atoms with Crippen molar-refractivity contribution in [3.63, 3.8) is 0 Å². The molecule has 0 spiro atoms. The van der Waals surface area contributed by atoms with Crippen LogP contribution in [0.1, 0.15) is 5.69 Å². The molecule has 1 aromatic carbocycles. The van der Waals surface area contributed by atoms with E-state index in [9.17, 15) is 26.3 Å². The van der Waals surface area contributed by atoms with Crippen LogP contribution in [0.4, 0.5) is 37.2 Å². The van der Waals surface area contributed by atoms with E-state index in [-0.39, 0.29) is 22.2 Å². The van der Waals surface area contributed by atoms with E-state index in [1.54, 1.807) is 0 Å². The van der Waals surface area contributed by atoms with Gasteiger partial charge in [0.1, 0.15) is 11.6 Å². The maximum absolute atomic E-state index is 13.2. The first-order valence-electron chi connectivity index (χ1n) is 5.12. The van der Waals surface area contributed by atoms with Crippen molar-refractivity contribution in [2.24, 2.45) is 0 Å². The molecule has 0 saturated heterocycles. The molecular weight excluding hydrogens is 306 g/mol. The third kappa shape index (κ3) is 2.87. The highest BCUT2D eigenvalue weighted by atomic mass is 32.1. The highest BCUT2D eigenvalue weighted by Gasteiger charge is 2.38. The highest BCUT2D eigenvalue weighted by molar-refractivity contribution is 7.14. The molecule has 0 aliphatic carbocycles. The first-order chi connectivity index (χ1) is 9.18. The van der Waals surface area contributed by atoms with Gasteiger partial charge in [0.25, 0.3) is 0 Å². The van der Waals surface area contributed by atoms with Gasteiger partial charge in [0, 0.05) is 18.8 Å². The van der Waals surface area contributed by atoms with Crippen molar-refractivity contribution < 1.29 is 26.3 Å². The molecule has 0 unspecified atom stereocenters. The summed E-state index contributed by atoms with van der Waals surface area (Å²) >= 11 is 0.139. The Morgan fingerprint density at radius 1 is 1.05 bits per heavy atom. The fraction of sp³-hybridized carbons (Fsp3) is 0.182. The van der Waals surface area contributed by atoms with Gasteiger partial charge in [-0.15, -0.1) is 0 Å². The second-order valence-electron chi connectivity index (χ2n) is 3.80. The van der Waals surface area contributed by atoms with E-state index < -0.39 is 28.6 Å². The summed E-state index contributed by atoms with van der Waals surface area (Å²) in [5.74, 6) is -1.81. The average Bonchev–Trinajstić information content (AvgIpc) is 2.68. The van der Waals surface area contributed by atoms with E-state index in [4.69, 9.17) is 0 Å². The van der Waals surface area contributed by atoms with Crippen LogP contribution in [0.2, 0.25) is 0 Å². The zero-order chi connectivity index (χ0) is 15.1. The van der Waals surface area contributed by atoms with Crippen molar-refractivity contribution in [2.75, 3.05) is 11.9 Å². The standard InChI is InChI=1S/C11H6F6N2S/c1-19(7-3-5(12)2-6(13)4-7)10-18-8(9(14)20-10)11(15,16)17/h2-4H,1H3. The Hall–Kier alpha value is -1.77. The van der Waals surface area contributed by atoms with Crippen molar-refractivity contribution in [3.05, 3.63) is 40.7 Å². The van der Waals surface area contributed by atoms with E-state index >= 15 is 0 Å². The Bertz CT molecular complexity index is 616. The number of hydrogen-bond donors (Lipinski definition) is 0. The Morgan fingerprint density at radius 2 is 1.60 bits per heavy atom. The summed E-state index contributed by atoms with van der Waals surface area (Å²) in [6.45, 7) is 0. The summed E-state index contributed by atoms with van der Waals surface area (Å²) in [5.41, 5.74) is -1.73. The molecule has 0 atom stereocenters. The second-order valence-corrected chi connectivity index (χ2v) is 4.73. The third-order valence-electron chi connectivity index (χ3n) is 2.36. The smallest absolute Gasteiger partial charge is 0.321 e. The summed E-state index contributed by atoms with van der Waals surface area (Å²) in [7, 11) is 1.23. The normalized spacial score (nSPS) is 11.8. The third-order valence-corrected chi connectivity index (χ3v) is 3.28. The van der Waals surface area contributed by atoms with Crippen molar-refractivity contribution in [3.8, 4) is 0 Å². The van der Waals surface area contributed by atoms with Crippen molar-refractivity contribution in [1.29, 1.82) is 0 Å². The van der Waals surface area contributed by atoms with Gasteiger partial charge < -0.3 is 4.90 Å². The molecule has 2 nitrogen and oxygen atoms in total. The van der Waals surface area contributed by atoms with Gasteiger partial charge in [0.2, 0.25) is 5.13 Å². The second kappa shape index (κ2) is 4.97. The predicted molar refractivity (Wildman–Crippen MR) is 61.5 cm³/mol. The molecule has 108 valence electrons. The number of aromatic nitrogens is 1. The van der Waals surface area contributed by atoms with Crippen LogP contribution in [0.3, 0.4) is 0 Å². The van der Waals surface area contributed by atoms with Crippen LogP contribution in [-0.2, 0) is 6.18 Å². The molecule has 0 aliphatic rings. The number of hydrogen-bond acceptors (Lipinski definition) is 3. The van der Waals surface area contributed by atoms with E-state index in [0.717, 1.165) is 17.0 Å². The molecule has 0 saturated carbocycles. The molecule has 0 bridgehead atoms. The van der Waals surface area contributed by atoms with Gasteiger partial charge in [-0.05, 0) is 12.1 Å². The molecule has 1 aromatic heterocycles. The minimum atomic E-state index is -4.92. The largest absolute Gasteiger partial charge is 0.437 e. The van der Waals surface area contributed by atoms with Crippen LogP contribution in [0.5, 0.6) is 0 Å². The lowest BCUT2D eigenvalue weighted by atomic mass is 10.3. The first kappa shape index (κ1) is 14.6. The SMILES string of the molecule is CN(c1cc(F)cc(F)c1)c1nc(C(F)(F)F)c(F)s1. The van der Waals surface area contributed by atoms with E-state index in [1.165, 1.54) is 7.05 Å². The van der Waals surface area contributed by atoms with Gasteiger partial charge in [-0.1, -0.05) is 11.3 Å². The van der Waals surface area contributed by atoms with E-state index in [2.05, 4.69) is 4.98 Å². The Kier molecular flexibility index (Phi) is 3.63. The molecule has 9 heteroatoms. The Labute approximate surface area is 113 Å². The number of benzene rings is 1. The molecule has 0 fully saturated rings. The van der Waals surface area contributed by atoms with Crippen LogP contribution in [0.15, 0.2) is 18.2 Å². The highest BCUT2D eigenvalue weighted by Crippen LogP contribution is 2.37. The van der Waals surface area contributed by atoms with Crippen LogP contribution >= 0.6 is 11.3 Å². The summed E-state index contributed by atoms with van der Waals surface area (Å²) in [4.78, 5) is 4.08. The molecule has 0 aliphatic heterocycles. The van der Waals surface area contributed by atoms with Crippen LogP contribution in [-0.4, -0.2) is 12.0 Å². The molecule has 1 heterocycles. The monoisotopic (exact) mass is 312 g/mol. The van der Waals surface area contributed by atoms with Gasteiger partial charge in [0.15, 0.2) is 10.8 Å². The van der Waals surface area contributed by atoms with E-state index in [0.29, 0.717) is 6.07 Å². The van der Waals surface area contributed by atoms with Gasteiger partial charge in [-0.2, -0.15) is 17.6 Å². The zero-order valence-electron chi connectivity index (χ0n) is 9.80. The zero-order valence-corrected chi connectivity index (χ0v) is 10.6. The van der Waals surface area contributed by atoms with Crippen molar-refractivity contribution in [1.82, 2.24) is 4.98 Å². The fourth-order valence-corrected chi connectivity index (χ4v) is 2.25. The predicted octanol–water partition coefficient (Wildman–Crippen LogP) is 4.35. The Morgan fingerprint density at radius 3 is 2.05 bits per heavy atom. The molecule has 0 amide bonds. The number of rotatable bonds is 2. The molecular formula is C11H6F6N2S.